The zero-order chi connectivity index (χ0) is 22.7. The second kappa shape index (κ2) is 9.87. The monoisotopic (exact) mass is 460 g/mol. The fourth-order valence-corrected chi connectivity index (χ4v) is 5.75. The molecule has 0 unspecified atom stereocenters. The van der Waals surface area contributed by atoms with Gasteiger partial charge in [-0.2, -0.15) is 0 Å². The number of hydrogen-bond acceptors (Lipinski definition) is 6. The van der Waals surface area contributed by atoms with Crippen LogP contribution in [0.15, 0.2) is 22.8 Å². The normalized spacial score (nSPS) is 17.5. The van der Waals surface area contributed by atoms with Crippen molar-refractivity contribution in [2.45, 2.75) is 45.6 Å². The van der Waals surface area contributed by atoms with Gasteiger partial charge in [0.25, 0.3) is 11.8 Å². The highest BCUT2D eigenvalue weighted by molar-refractivity contribution is 7.17. The number of thiophene rings is 1. The van der Waals surface area contributed by atoms with Crippen LogP contribution in [-0.4, -0.2) is 61.5 Å². The number of hydrogen-bond donors (Lipinski definition) is 2. The molecule has 1 fully saturated rings. The largest absolute Gasteiger partial charge is 0.462 e. The van der Waals surface area contributed by atoms with Crippen LogP contribution in [0.3, 0.4) is 0 Å². The van der Waals surface area contributed by atoms with Crippen LogP contribution in [0.25, 0.3) is 0 Å². The molecule has 1 saturated heterocycles. The highest BCUT2D eigenvalue weighted by Gasteiger charge is 2.34. The Kier molecular flexibility index (Phi) is 6.95. The summed E-state index contributed by atoms with van der Waals surface area (Å²) in [6.45, 7) is 6.46. The molecule has 1 aliphatic heterocycles. The Hall–Kier alpha value is -2.65. The first kappa shape index (κ1) is 22.5. The van der Waals surface area contributed by atoms with E-state index >= 15 is 0 Å². The van der Waals surface area contributed by atoms with Gasteiger partial charge in [-0.05, 0) is 57.2 Å². The Balaban J connectivity index is 1.40. The van der Waals surface area contributed by atoms with Crippen molar-refractivity contribution in [1.29, 1.82) is 0 Å². The van der Waals surface area contributed by atoms with Crippen molar-refractivity contribution in [1.82, 2.24) is 4.90 Å². The molecule has 0 saturated carbocycles. The maximum absolute atomic E-state index is 13.1. The van der Waals surface area contributed by atoms with Crippen molar-refractivity contribution >= 4 is 34.1 Å². The Morgan fingerprint density at radius 3 is 2.69 bits per heavy atom. The van der Waals surface area contributed by atoms with E-state index in [9.17, 15) is 14.4 Å². The molecule has 0 spiro atoms. The second-order valence-electron chi connectivity index (χ2n) is 8.27. The summed E-state index contributed by atoms with van der Waals surface area (Å²) < 4.78 is 10.5. The number of rotatable bonds is 6. The fourth-order valence-electron chi connectivity index (χ4n) is 4.46. The van der Waals surface area contributed by atoms with E-state index in [4.69, 9.17) is 9.15 Å². The molecule has 2 amide bonds. The molecule has 0 radical (unpaired) electrons. The van der Waals surface area contributed by atoms with Gasteiger partial charge in [0.05, 0.1) is 44.6 Å². The lowest BCUT2D eigenvalue weighted by Gasteiger charge is -2.34. The number of ether oxygens (including phenoxy) is 1. The van der Waals surface area contributed by atoms with E-state index in [0.29, 0.717) is 49.1 Å². The number of fused-ring (bicyclic) bond motifs is 1. The highest BCUT2D eigenvalue weighted by Crippen LogP contribution is 2.38. The molecule has 172 valence electrons. The minimum absolute atomic E-state index is 0.116. The number of furan rings is 1. The number of carbonyl (C=O) groups excluding carboxylic acids is 3. The second-order valence-corrected chi connectivity index (χ2v) is 9.38. The van der Waals surface area contributed by atoms with Crippen LogP contribution in [0.5, 0.6) is 0 Å². The molecule has 0 aromatic carbocycles. The maximum Gasteiger partial charge on any atom is 0.341 e. The average Bonchev–Trinajstić information content (AvgIpc) is 3.46. The zero-order valence-electron chi connectivity index (χ0n) is 18.6. The molecule has 9 heteroatoms. The maximum atomic E-state index is 13.1. The molecular weight excluding hydrogens is 430 g/mol. The van der Waals surface area contributed by atoms with Gasteiger partial charge in [0.1, 0.15) is 5.00 Å². The SMILES string of the molecule is CCOC(=O)c1c(NC(=O)[C@H](C)[NH+]2CCN(C(=O)c3ccco3)CC2)sc2c1CCCC2. The van der Waals surface area contributed by atoms with E-state index in [1.54, 1.807) is 24.0 Å². The van der Waals surface area contributed by atoms with E-state index in [0.717, 1.165) is 36.1 Å². The van der Waals surface area contributed by atoms with E-state index in [1.165, 1.54) is 22.5 Å². The molecule has 32 heavy (non-hydrogen) atoms. The van der Waals surface area contributed by atoms with Crippen LogP contribution in [0, 0.1) is 0 Å². The minimum atomic E-state index is -0.354. The van der Waals surface area contributed by atoms with E-state index in [2.05, 4.69) is 5.32 Å². The molecule has 1 aliphatic carbocycles. The number of aryl methyl sites for hydroxylation is 1. The molecule has 2 aromatic rings. The zero-order valence-corrected chi connectivity index (χ0v) is 19.4. The summed E-state index contributed by atoms with van der Waals surface area (Å²) in [5, 5.41) is 3.63. The van der Waals surface area contributed by atoms with Crippen LogP contribution in [0.2, 0.25) is 0 Å². The van der Waals surface area contributed by atoms with Gasteiger partial charge in [0, 0.05) is 4.88 Å². The van der Waals surface area contributed by atoms with Gasteiger partial charge in [-0.15, -0.1) is 11.3 Å². The number of esters is 1. The first-order valence-corrected chi connectivity index (χ1v) is 12.1. The first-order valence-electron chi connectivity index (χ1n) is 11.3. The lowest BCUT2D eigenvalue weighted by atomic mass is 9.95. The first-order chi connectivity index (χ1) is 15.5. The molecule has 2 aliphatic rings. The number of nitrogens with zero attached hydrogens (tertiary/aromatic N) is 1. The van der Waals surface area contributed by atoms with Crippen molar-refractivity contribution in [3.63, 3.8) is 0 Å². The Morgan fingerprint density at radius 1 is 1.25 bits per heavy atom. The van der Waals surface area contributed by atoms with E-state index in [-0.39, 0.29) is 23.8 Å². The van der Waals surface area contributed by atoms with Gasteiger partial charge < -0.3 is 24.3 Å². The van der Waals surface area contributed by atoms with Gasteiger partial charge in [0.15, 0.2) is 11.8 Å². The van der Waals surface area contributed by atoms with Crippen molar-refractivity contribution in [3.8, 4) is 0 Å². The number of carbonyl (C=O) groups is 3. The molecule has 2 aromatic heterocycles. The smallest absolute Gasteiger partial charge is 0.341 e. The van der Waals surface area contributed by atoms with Crippen LogP contribution in [0.4, 0.5) is 5.00 Å². The third kappa shape index (κ3) is 4.59. The van der Waals surface area contributed by atoms with Crippen molar-refractivity contribution in [2.24, 2.45) is 0 Å². The van der Waals surface area contributed by atoms with Gasteiger partial charge in [-0.3, -0.25) is 9.59 Å². The summed E-state index contributed by atoms with van der Waals surface area (Å²) in [7, 11) is 0. The van der Waals surface area contributed by atoms with Crippen LogP contribution in [-0.2, 0) is 22.4 Å². The molecule has 8 nitrogen and oxygen atoms in total. The Bertz CT molecular complexity index is 976. The number of anilines is 1. The minimum Gasteiger partial charge on any atom is -0.462 e. The van der Waals surface area contributed by atoms with Crippen molar-refractivity contribution in [3.05, 3.63) is 40.2 Å². The van der Waals surface area contributed by atoms with Gasteiger partial charge in [0.2, 0.25) is 0 Å². The fraction of sp³-hybridized carbons (Fsp3) is 0.522. The summed E-state index contributed by atoms with van der Waals surface area (Å²) >= 11 is 1.51. The number of quaternary nitrogens is 1. The predicted molar refractivity (Wildman–Crippen MR) is 120 cm³/mol. The summed E-state index contributed by atoms with van der Waals surface area (Å²) in [4.78, 5) is 42.2. The standard InChI is InChI=1S/C23H29N3O5S/c1-3-30-23(29)19-16-7-4-5-9-18(16)32-21(19)24-20(27)15(2)25-10-12-26(13-11-25)22(28)17-8-6-14-31-17/h6,8,14-15H,3-5,7,9-13H2,1-2H3,(H,24,27)/p+1/t15-/m0/s1. The van der Waals surface area contributed by atoms with Gasteiger partial charge in [-0.1, -0.05) is 0 Å². The highest BCUT2D eigenvalue weighted by atomic mass is 32.1. The van der Waals surface area contributed by atoms with E-state index < -0.39 is 0 Å². The van der Waals surface area contributed by atoms with Crippen molar-refractivity contribution in [2.75, 3.05) is 38.1 Å². The number of amides is 2. The van der Waals surface area contributed by atoms with E-state index in [1.807, 2.05) is 6.92 Å². The Morgan fingerprint density at radius 2 is 2.00 bits per heavy atom. The third-order valence-electron chi connectivity index (χ3n) is 6.32. The number of piperazine rings is 1. The van der Waals surface area contributed by atoms with Crippen LogP contribution in [0.1, 0.15) is 58.0 Å². The Labute approximate surface area is 191 Å². The topological polar surface area (TPSA) is 93.3 Å². The third-order valence-corrected chi connectivity index (χ3v) is 7.53. The lowest BCUT2D eigenvalue weighted by molar-refractivity contribution is -0.917. The molecule has 4 rings (SSSR count). The predicted octanol–water partition coefficient (Wildman–Crippen LogP) is 1.76. The van der Waals surface area contributed by atoms with Crippen molar-refractivity contribution < 1.29 is 28.4 Å². The summed E-state index contributed by atoms with van der Waals surface area (Å²) in [5.41, 5.74) is 1.58. The average molecular weight is 461 g/mol. The molecule has 0 bridgehead atoms. The quantitative estimate of drug-likeness (QED) is 0.641. The van der Waals surface area contributed by atoms with Gasteiger partial charge >= 0.3 is 5.97 Å². The van der Waals surface area contributed by atoms with Crippen LogP contribution >= 0.6 is 11.3 Å². The summed E-state index contributed by atoms with van der Waals surface area (Å²) in [6, 6.07) is 3.07. The molecule has 3 heterocycles. The lowest BCUT2D eigenvalue weighted by Crippen LogP contribution is -3.19. The summed E-state index contributed by atoms with van der Waals surface area (Å²) in [5.74, 6) is -0.246. The molecular formula is C23H30N3O5S+. The van der Waals surface area contributed by atoms with Gasteiger partial charge in [-0.25, -0.2) is 4.79 Å². The number of nitrogens with one attached hydrogen (secondary N) is 2. The molecule has 2 N–H and O–H groups in total. The van der Waals surface area contributed by atoms with Crippen LogP contribution < -0.4 is 10.2 Å². The summed E-state index contributed by atoms with van der Waals surface area (Å²) in [6.07, 6.45) is 5.43. The molecule has 1 atom stereocenters.